The average Bonchev–Trinajstić information content (AvgIpc) is 3.20. The Bertz CT molecular complexity index is 830. The summed E-state index contributed by atoms with van der Waals surface area (Å²) in [6.07, 6.45) is 3.69. The van der Waals surface area contributed by atoms with Gasteiger partial charge in [0.2, 0.25) is 0 Å². The van der Waals surface area contributed by atoms with E-state index in [1.54, 1.807) is 6.20 Å². The van der Waals surface area contributed by atoms with E-state index in [2.05, 4.69) is 28.7 Å². The van der Waals surface area contributed by atoms with Gasteiger partial charge in [-0.05, 0) is 31.5 Å². The van der Waals surface area contributed by atoms with E-state index < -0.39 is 0 Å². The molecule has 0 atom stereocenters. The monoisotopic (exact) mass is 322 g/mol. The maximum absolute atomic E-state index is 12.5. The Balaban J connectivity index is 1.74. The van der Waals surface area contributed by atoms with Crippen molar-refractivity contribution < 1.29 is 4.79 Å². The minimum Gasteiger partial charge on any atom is -0.344 e. The molecule has 2 heterocycles. The Morgan fingerprint density at radius 2 is 1.92 bits per heavy atom. The summed E-state index contributed by atoms with van der Waals surface area (Å²) < 4.78 is 3.97. The molecule has 124 valence electrons. The number of aromatic nitrogens is 3. The number of benzene rings is 1. The minimum absolute atomic E-state index is 0.0991. The van der Waals surface area contributed by atoms with Gasteiger partial charge in [-0.1, -0.05) is 30.3 Å². The predicted molar refractivity (Wildman–Crippen MR) is 94.6 cm³/mol. The van der Waals surface area contributed by atoms with Gasteiger partial charge in [-0.2, -0.15) is 0 Å². The van der Waals surface area contributed by atoms with Gasteiger partial charge in [-0.3, -0.25) is 4.79 Å². The van der Waals surface area contributed by atoms with Crippen molar-refractivity contribution in [1.29, 1.82) is 0 Å². The summed E-state index contributed by atoms with van der Waals surface area (Å²) in [6.45, 7) is 4.60. The highest BCUT2D eigenvalue weighted by Crippen LogP contribution is 2.21. The molecule has 3 aromatic rings. The molecule has 5 heteroatoms. The van der Waals surface area contributed by atoms with Gasteiger partial charge in [-0.15, -0.1) is 0 Å². The molecular weight excluding hydrogens is 300 g/mol. The zero-order chi connectivity index (χ0) is 17.1. The van der Waals surface area contributed by atoms with Crippen LogP contribution in [0.4, 0.5) is 0 Å². The molecular formula is C19H22N4O. The van der Waals surface area contributed by atoms with Crippen molar-refractivity contribution in [1.82, 2.24) is 19.4 Å². The molecule has 0 aliphatic heterocycles. The van der Waals surface area contributed by atoms with Crippen LogP contribution in [0.5, 0.6) is 0 Å². The van der Waals surface area contributed by atoms with Gasteiger partial charge in [0.15, 0.2) is 0 Å². The van der Waals surface area contributed by atoms with Crippen molar-refractivity contribution in [2.75, 3.05) is 0 Å². The lowest BCUT2D eigenvalue weighted by atomic mass is 10.2. The highest BCUT2D eigenvalue weighted by atomic mass is 16.1. The van der Waals surface area contributed by atoms with Crippen molar-refractivity contribution in [3.8, 4) is 11.3 Å². The van der Waals surface area contributed by atoms with Crippen molar-refractivity contribution >= 4 is 5.91 Å². The molecule has 0 saturated carbocycles. The van der Waals surface area contributed by atoms with Gasteiger partial charge in [0.05, 0.1) is 6.54 Å². The number of hydrogen-bond donors (Lipinski definition) is 1. The Kier molecular flexibility index (Phi) is 4.51. The van der Waals surface area contributed by atoms with Gasteiger partial charge < -0.3 is 14.5 Å². The number of imidazole rings is 1. The second-order valence-electron chi connectivity index (χ2n) is 6.06. The molecule has 0 aliphatic rings. The first-order valence-electron chi connectivity index (χ1n) is 8.09. The van der Waals surface area contributed by atoms with Crippen LogP contribution in [0, 0.1) is 0 Å². The highest BCUT2D eigenvalue weighted by Gasteiger charge is 2.14. The van der Waals surface area contributed by atoms with Gasteiger partial charge in [-0.25, -0.2) is 4.98 Å². The van der Waals surface area contributed by atoms with Gasteiger partial charge in [0.1, 0.15) is 11.5 Å². The zero-order valence-electron chi connectivity index (χ0n) is 14.2. The van der Waals surface area contributed by atoms with E-state index >= 15 is 0 Å². The molecule has 1 N–H and O–H groups in total. The Morgan fingerprint density at radius 1 is 1.17 bits per heavy atom. The normalized spacial score (nSPS) is 11.0. The number of amides is 1. The van der Waals surface area contributed by atoms with Crippen LogP contribution in [0.2, 0.25) is 0 Å². The van der Waals surface area contributed by atoms with Crippen molar-refractivity contribution in [3.05, 3.63) is 66.4 Å². The molecule has 0 radical (unpaired) electrons. The van der Waals surface area contributed by atoms with Crippen molar-refractivity contribution in [2.24, 2.45) is 7.05 Å². The fourth-order valence-electron chi connectivity index (χ4n) is 2.84. The van der Waals surface area contributed by atoms with Crippen LogP contribution in [0.1, 0.15) is 36.2 Å². The first kappa shape index (κ1) is 16.1. The molecule has 24 heavy (non-hydrogen) atoms. The Morgan fingerprint density at radius 3 is 2.62 bits per heavy atom. The topological polar surface area (TPSA) is 51.9 Å². The van der Waals surface area contributed by atoms with Crippen LogP contribution in [0.25, 0.3) is 11.3 Å². The SMILES string of the molecule is CC(C)n1ccnc1CNC(=O)c1ccc(-c2ccccc2)n1C. The van der Waals surface area contributed by atoms with Gasteiger partial charge >= 0.3 is 0 Å². The molecule has 3 rings (SSSR count). The largest absolute Gasteiger partial charge is 0.344 e. The van der Waals surface area contributed by atoms with Crippen LogP contribution >= 0.6 is 0 Å². The zero-order valence-corrected chi connectivity index (χ0v) is 14.2. The Hall–Kier alpha value is -2.82. The number of nitrogens with zero attached hydrogens (tertiary/aromatic N) is 3. The Labute approximate surface area is 142 Å². The number of carbonyl (C=O) groups is 1. The lowest BCUT2D eigenvalue weighted by Crippen LogP contribution is -2.26. The molecule has 5 nitrogen and oxygen atoms in total. The summed E-state index contributed by atoms with van der Waals surface area (Å²) in [5, 5.41) is 2.96. The summed E-state index contributed by atoms with van der Waals surface area (Å²) in [5.41, 5.74) is 2.75. The summed E-state index contributed by atoms with van der Waals surface area (Å²) >= 11 is 0. The summed E-state index contributed by atoms with van der Waals surface area (Å²) in [5.74, 6) is 0.758. The second kappa shape index (κ2) is 6.74. The van der Waals surface area contributed by atoms with E-state index in [4.69, 9.17) is 0 Å². The van der Waals surface area contributed by atoms with Crippen molar-refractivity contribution in [3.63, 3.8) is 0 Å². The predicted octanol–water partition coefficient (Wildman–Crippen LogP) is 3.40. The minimum atomic E-state index is -0.0991. The van der Waals surface area contributed by atoms with E-state index in [-0.39, 0.29) is 5.91 Å². The average molecular weight is 322 g/mol. The summed E-state index contributed by atoms with van der Waals surface area (Å²) in [7, 11) is 1.91. The summed E-state index contributed by atoms with van der Waals surface area (Å²) in [4.78, 5) is 16.8. The second-order valence-corrected chi connectivity index (χ2v) is 6.06. The van der Waals surface area contributed by atoms with Crippen LogP contribution in [-0.4, -0.2) is 20.0 Å². The smallest absolute Gasteiger partial charge is 0.268 e. The van der Waals surface area contributed by atoms with Crippen LogP contribution in [0.3, 0.4) is 0 Å². The van der Waals surface area contributed by atoms with Gasteiger partial charge in [0, 0.05) is 31.2 Å². The molecule has 0 spiro atoms. The molecule has 2 aromatic heterocycles. The first-order valence-corrected chi connectivity index (χ1v) is 8.09. The quantitative estimate of drug-likeness (QED) is 0.783. The number of nitrogens with one attached hydrogen (secondary N) is 1. The van der Waals surface area contributed by atoms with E-state index in [1.807, 2.05) is 60.3 Å². The molecule has 1 amide bonds. The fraction of sp³-hybridized carbons (Fsp3) is 0.263. The lowest BCUT2D eigenvalue weighted by Gasteiger charge is -2.12. The molecule has 0 unspecified atom stereocenters. The number of rotatable bonds is 5. The van der Waals surface area contributed by atoms with E-state index in [9.17, 15) is 4.79 Å². The van der Waals surface area contributed by atoms with E-state index in [0.29, 0.717) is 18.3 Å². The van der Waals surface area contributed by atoms with Crippen LogP contribution < -0.4 is 5.32 Å². The van der Waals surface area contributed by atoms with Crippen LogP contribution in [-0.2, 0) is 13.6 Å². The first-order chi connectivity index (χ1) is 11.6. The van der Waals surface area contributed by atoms with Gasteiger partial charge in [0.25, 0.3) is 5.91 Å². The van der Waals surface area contributed by atoms with Crippen LogP contribution in [0.15, 0.2) is 54.9 Å². The maximum atomic E-state index is 12.5. The standard InChI is InChI=1S/C19H22N4O/c1-14(2)23-12-11-20-18(23)13-21-19(24)17-10-9-16(22(17)3)15-7-5-4-6-8-15/h4-12,14H,13H2,1-3H3,(H,21,24). The molecule has 0 aliphatic carbocycles. The van der Waals surface area contributed by atoms with E-state index in [1.165, 1.54) is 0 Å². The van der Waals surface area contributed by atoms with E-state index in [0.717, 1.165) is 17.1 Å². The fourth-order valence-corrected chi connectivity index (χ4v) is 2.84. The molecule has 0 bridgehead atoms. The number of carbonyl (C=O) groups excluding carboxylic acids is 1. The third-order valence-electron chi connectivity index (χ3n) is 4.14. The third kappa shape index (κ3) is 3.11. The molecule has 0 fully saturated rings. The summed E-state index contributed by atoms with van der Waals surface area (Å²) in [6, 6.07) is 14.2. The molecule has 0 saturated heterocycles. The van der Waals surface area contributed by atoms with Crippen molar-refractivity contribution in [2.45, 2.75) is 26.4 Å². The lowest BCUT2D eigenvalue weighted by molar-refractivity contribution is 0.0941. The highest BCUT2D eigenvalue weighted by molar-refractivity contribution is 5.93. The molecule has 1 aromatic carbocycles. The maximum Gasteiger partial charge on any atom is 0.268 e. The third-order valence-corrected chi connectivity index (χ3v) is 4.14. The number of hydrogen-bond acceptors (Lipinski definition) is 2.